The van der Waals surface area contributed by atoms with Crippen LogP contribution in [-0.4, -0.2) is 23.4 Å². The molecular weight excluding hydrogens is 272 g/mol. The van der Waals surface area contributed by atoms with Crippen LogP contribution < -0.4 is 5.73 Å². The van der Waals surface area contributed by atoms with E-state index in [0.717, 1.165) is 31.7 Å². The maximum atomic E-state index is 14.1. The van der Waals surface area contributed by atoms with Gasteiger partial charge < -0.3 is 10.6 Å². The van der Waals surface area contributed by atoms with Gasteiger partial charge in [0, 0.05) is 11.6 Å². The minimum atomic E-state index is -0.419. The van der Waals surface area contributed by atoms with Crippen LogP contribution in [0.1, 0.15) is 50.1 Å². The third kappa shape index (κ3) is 2.87. The fourth-order valence-electron chi connectivity index (χ4n) is 3.50. The Morgan fingerprint density at radius 3 is 2.52 bits per heavy atom. The Morgan fingerprint density at radius 1 is 1.10 bits per heavy atom. The van der Waals surface area contributed by atoms with Crippen LogP contribution in [0.15, 0.2) is 23.2 Å². The highest BCUT2D eigenvalue weighted by atomic mass is 19.1. The van der Waals surface area contributed by atoms with E-state index < -0.39 is 5.82 Å². The highest BCUT2D eigenvalue weighted by molar-refractivity contribution is 5.80. The van der Waals surface area contributed by atoms with E-state index in [-0.39, 0.29) is 17.9 Å². The van der Waals surface area contributed by atoms with Crippen molar-refractivity contribution >= 4 is 5.96 Å². The van der Waals surface area contributed by atoms with E-state index in [4.69, 9.17) is 5.73 Å². The van der Waals surface area contributed by atoms with Gasteiger partial charge in [-0.3, -0.25) is 4.99 Å². The average molecular weight is 293 g/mol. The Kier molecular flexibility index (Phi) is 4.08. The zero-order chi connectivity index (χ0) is 14.8. The smallest absolute Gasteiger partial charge is 0.192 e. The van der Waals surface area contributed by atoms with Gasteiger partial charge in [0.15, 0.2) is 5.96 Å². The first kappa shape index (κ1) is 14.3. The number of halogens is 2. The van der Waals surface area contributed by atoms with Gasteiger partial charge in [-0.05, 0) is 31.0 Å². The maximum absolute atomic E-state index is 14.1. The fraction of sp³-hybridized carbons (Fsp3) is 0.562. The normalized spacial score (nSPS) is 24.0. The molecule has 1 saturated carbocycles. The Hall–Kier alpha value is -1.65. The van der Waals surface area contributed by atoms with Gasteiger partial charge in [-0.15, -0.1) is 0 Å². The zero-order valence-electron chi connectivity index (χ0n) is 12.1. The number of hydrogen-bond donors (Lipinski definition) is 1. The molecule has 21 heavy (non-hydrogen) atoms. The van der Waals surface area contributed by atoms with Crippen LogP contribution in [0.3, 0.4) is 0 Å². The Bertz CT molecular complexity index is 536. The van der Waals surface area contributed by atoms with Crippen LogP contribution >= 0.6 is 0 Å². The molecule has 0 amide bonds. The molecule has 0 aromatic heterocycles. The van der Waals surface area contributed by atoms with Gasteiger partial charge in [-0.25, -0.2) is 8.78 Å². The van der Waals surface area contributed by atoms with Crippen LogP contribution in [0, 0.1) is 11.6 Å². The monoisotopic (exact) mass is 293 g/mol. The third-order valence-corrected chi connectivity index (χ3v) is 4.56. The minimum absolute atomic E-state index is 0.274. The number of guanidine groups is 1. The summed E-state index contributed by atoms with van der Waals surface area (Å²) in [6.07, 6.45) is 6.88. The number of rotatable bonds is 2. The molecule has 0 radical (unpaired) electrons. The van der Waals surface area contributed by atoms with Crippen molar-refractivity contribution in [3.8, 4) is 0 Å². The van der Waals surface area contributed by atoms with Crippen molar-refractivity contribution in [1.29, 1.82) is 0 Å². The second kappa shape index (κ2) is 6.00. The molecule has 1 aliphatic heterocycles. The van der Waals surface area contributed by atoms with E-state index in [0.29, 0.717) is 18.1 Å². The molecule has 1 heterocycles. The summed E-state index contributed by atoms with van der Waals surface area (Å²) in [5.41, 5.74) is 6.40. The van der Waals surface area contributed by atoms with Gasteiger partial charge in [0.1, 0.15) is 11.6 Å². The van der Waals surface area contributed by atoms with Gasteiger partial charge in [-0.2, -0.15) is 0 Å². The van der Waals surface area contributed by atoms with Crippen molar-refractivity contribution in [2.24, 2.45) is 10.7 Å². The predicted molar refractivity (Wildman–Crippen MR) is 78.9 cm³/mol. The highest BCUT2D eigenvalue weighted by Gasteiger charge is 2.34. The zero-order valence-corrected chi connectivity index (χ0v) is 12.1. The first-order chi connectivity index (χ1) is 10.2. The fourth-order valence-corrected chi connectivity index (χ4v) is 3.50. The van der Waals surface area contributed by atoms with Crippen molar-refractivity contribution in [2.45, 2.75) is 50.6 Å². The minimum Gasteiger partial charge on any atom is -0.370 e. The van der Waals surface area contributed by atoms with Crippen molar-refractivity contribution in [3.05, 3.63) is 35.4 Å². The van der Waals surface area contributed by atoms with E-state index in [1.165, 1.54) is 25.0 Å². The lowest BCUT2D eigenvalue weighted by atomic mass is 10.0. The molecule has 1 unspecified atom stereocenters. The lowest BCUT2D eigenvalue weighted by Crippen LogP contribution is -2.43. The first-order valence-electron chi connectivity index (χ1n) is 7.70. The van der Waals surface area contributed by atoms with Gasteiger partial charge in [0.2, 0.25) is 0 Å². The van der Waals surface area contributed by atoms with E-state index in [1.54, 1.807) is 0 Å². The molecule has 5 heteroatoms. The topological polar surface area (TPSA) is 41.6 Å². The summed E-state index contributed by atoms with van der Waals surface area (Å²) in [5, 5.41) is 0. The average Bonchev–Trinajstić information content (AvgIpc) is 2.69. The number of hydrogen-bond acceptors (Lipinski definition) is 3. The second-order valence-electron chi connectivity index (χ2n) is 5.93. The first-order valence-corrected chi connectivity index (χ1v) is 7.70. The molecule has 1 fully saturated rings. The largest absolute Gasteiger partial charge is 0.370 e. The van der Waals surface area contributed by atoms with Crippen molar-refractivity contribution < 1.29 is 8.78 Å². The number of nitrogens with zero attached hydrogens (tertiary/aromatic N) is 2. The third-order valence-electron chi connectivity index (χ3n) is 4.56. The van der Waals surface area contributed by atoms with E-state index in [1.807, 2.05) is 4.90 Å². The molecule has 1 aromatic carbocycles. The molecule has 2 aliphatic rings. The number of aliphatic imine (C=N–C) groups is 1. The number of nitrogens with two attached hydrogens (primary N) is 1. The van der Waals surface area contributed by atoms with Crippen LogP contribution in [0.4, 0.5) is 8.78 Å². The quantitative estimate of drug-likeness (QED) is 0.850. The molecule has 0 saturated heterocycles. The Labute approximate surface area is 123 Å². The van der Waals surface area contributed by atoms with Crippen molar-refractivity contribution in [3.63, 3.8) is 0 Å². The van der Waals surface area contributed by atoms with Crippen molar-refractivity contribution in [1.82, 2.24) is 4.90 Å². The summed E-state index contributed by atoms with van der Waals surface area (Å²) >= 11 is 0. The summed E-state index contributed by atoms with van der Waals surface area (Å²) < 4.78 is 27.6. The molecule has 1 aliphatic carbocycles. The molecule has 0 bridgehead atoms. The standard InChI is InChI=1S/C16H21F2N3/c17-11-7-8-14(18)13(9-11)15-10-20-16(19)21(15)12-5-3-1-2-4-6-12/h7-9,12,15H,1-6,10H2,(H2,19,20). The molecule has 114 valence electrons. The van der Waals surface area contributed by atoms with Crippen LogP contribution in [0.2, 0.25) is 0 Å². The van der Waals surface area contributed by atoms with E-state index in [2.05, 4.69) is 4.99 Å². The van der Waals surface area contributed by atoms with Crippen molar-refractivity contribution in [2.75, 3.05) is 6.54 Å². The van der Waals surface area contributed by atoms with Crippen LogP contribution in [0.5, 0.6) is 0 Å². The molecule has 3 nitrogen and oxygen atoms in total. The molecule has 0 spiro atoms. The van der Waals surface area contributed by atoms with Gasteiger partial charge in [-0.1, -0.05) is 25.7 Å². The lowest BCUT2D eigenvalue weighted by molar-refractivity contribution is 0.233. The molecule has 1 aromatic rings. The van der Waals surface area contributed by atoms with E-state index in [9.17, 15) is 8.78 Å². The molecule has 3 rings (SSSR count). The second-order valence-corrected chi connectivity index (χ2v) is 5.93. The summed E-state index contributed by atoms with van der Waals surface area (Å²) in [5.74, 6) is -0.335. The van der Waals surface area contributed by atoms with Crippen LogP contribution in [0.25, 0.3) is 0 Å². The lowest BCUT2D eigenvalue weighted by Gasteiger charge is -2.34. The SMILES string of the molecule is NC1=NCC(c2cc(F)ccc2F)N1C1CCCCCC1. The van der Waals surface area contributed by atoms with Gasteiger partial charge in [0.25, 0.3) is 0 Å². The predicted octanol–water partition coefficient (Wildman–Crippen LogP) is 3.36. The molecule has 2 N–H and O–H groups in total. The Balaban J connectivity index is 1.89. The summed E-state index contributed by atoms with van der Waals surface area (Å²) in [6, 6.07) is 3.62. The number of benzene rings is 1. The maximum Gasteiger partial charge on any atom is 0.192 e. The van der Waals surface area contributed by atoms with E-state index >= 15 is 0 Å². The Morgan fingerprint density at radius 2 is 1.81 bits per heavy atom. The molecular formula is C16H21F2N3. The molecule has 1 atom stereocenters. The van der Waals surface area contributed by atoms with Gasteiger partial charge in [0.05, 0.1) is 12.6 Å². The van der Waals surface area contributed by atoms with Crippen LogP contribution in [-0.2, 0) is 0 Å². The summed E-state index contributed by atoms with van der Waals surface area (Å²) in [7, 11) is 0. The summed E-state index contributed by atoms with van der Waals surface area (Å²) in [4.78, 5) is 6.30. The van der Waals surface area contributed by atoms with Gasteiger partial charge >= 0.3 is 0 Å². The highest BCUT2D eigenvalue weighted by Crippen LogP contribution is 2.34. The summed E-state index contributed by atoms with van der Waals surface area (Å²) in [6.45, 7) is 0.405.